The number of rotatable bonds is 4. The molecule has 0 aromatic rings. The summed E-state index contributed by atoms with van der Waals surface area (Å²) in [6.07, 6.45) is 1.89. The van der Waals surface area contributed by atoms with Crippen molar-refractivity contribution in [3.8, 4) is 6.07 Å². The summed E-state index contributed by atoms with van der Waals surface area (Å²) < 4.78 is 0. The Balaban J connectivity index is 2.53. The molecular weight excluding hydrogens is 206 g/mol. The molecule has 0 radical (unpaired) electrons. The van der Waals surface area contributed by atoms with Crippen molar-refractivity contribution in [2.75, 3.05) is 13.1 Å². The molecule has 0 aromatic carbocycles. The van der Waals surface area contributed by atoms with Crippen LogP contribution in [0.4, 0.5) is 0 Å². The van der Waals surface area contributed by atoms with Crippen LogP contribution >= 0.6 is 0 Å². The molecule has 0 atom stereocenters. The zero-order chi connectivity index (χ0) is 12.2. The van der Waals surface area contributed by atoms with Gasteiger partial charge in [-0.25, -0.2) is 0 Å². The minimum Gasteiger partial charge on any atom is -0.295 e. The van der Waals surface area contributed by atoms with Crippen molar-refractivity contribution in [1.29, 1.82) is 5.26 Å². The molecule has 0 spiro atoms. The fourth-order valence-corrected chi connectivity index (χ4v) is 1.62. The summed E-state index contributed by atoms with van der Waals surface area (Å²) in [7, 11) is 0. The third kappa shape index (κ3) is 2.80. The Bertz CT molecular complexity index is 331. The van der Waals surface area contributed by atoms with Crippen LogP contribution in [0.15, 0.2) is 0 Å². The van der Waals surface area contributed by atoms with Crippen molar-refractivity contribution in [2.24, 2.45) is 0 Å². The van der Waals surface area contributed by atoms with E-state index in [1.165, 1.54) is 4.90 Å². The van der Waals surface area contributed by atoms with Gasteiger partial charge < -0.3 is 0 Å². The highest BCUT2D eigenvalue weighted by atomic mass is 16.2. The predicted molar refractivity (Wildman–Crippen MR) is 58.3 cm³/mol. The van der Waals surface area contributed by atoms with Crippen molar-refractivity contribution >= 4 is 11.8 Å². The number of piperazine rings is 1. The van der Waals surface area contributed by atoms with Crippen LogP contribution in [0.5, 0.6) is 0 Å². The second-order valence-corrected chi connectivity index (χ2v) is 4.44. The van der Waals surface area contributed by atoms with Gasteiger partial charge in [0.05, 0.1) is 18.2 Å². The zero-order valence-electron chi connectivity index (χ0n) is 9.75. The van der Waals surface area contributed by atoms with Gasteiger partial charge in [-0.1, -0.05) is 0 Å². The van der Waals surface area contributed by atoms with Crippen LogP contribution in [-0.4, -0.2) is 35.3 Å². The topological polar surface area (TPSA) is 73.2 Å². The van der Waals surface area contributed by atoms with Gasteiger partial charge in [0.2, 0.25) is 11.8 Å². The molecule has 1 fully saturated rings. The highest BCUT2D eigenvalue weighted by molar-refractivity contribution is 6.02. The second-order valence-electron chi connectivity index (χ2n) is 4.44. The van der Waals surface area contributed by atoms with E-state index in [2.05, 4.69) is 5.32 Å². The van der Waals surface area contributed by atoms with Crippen LogP contribution in [-0.2, 0) is 9.59 Å². The van der Waals surface area contributed by atoms with Gasteiger partial charge in [0.1, 0.15) is 0 Å². The van der Waals surface area contributed by atoms with Crippen LogP contribution in [0.2, 0.25) is 0 Å². The maximum Gasteiger partial charge on any atom is 0.248 e. The molecule has 16 heavy (non-hydrogen) atoms. The molecule has 0 bridgehead atoms. The average molecular weight is 223 g/mol. The molecule has 1 rings (SSSR count). The first kappa shape index (κ1) is 12.7. The number of hydrogen-bond donors (Lipinski definition) is 1. The Kier molecular flexibility index (Phi) is 4.02. The van der Waals surface area contributed by atoms with Crippen LogP contribution in [0.25, 0.3) is 0 Å². The van der Waals surface area contributed by atoms with E-state index in [-0.39, 0.29) is 18.4 Å². The molecule has 5 nitrogen and oxygen atoms in total. The lowest BCUT2D eigenvalue weighted by Gasteiger charge is -2.36. The Labute approximate surface area is 95.4 Å². The SMILES string of the molecule is CC1(C)NCC(=O)N(CCCCC#N)C1=O. The largest absolute Gasteiger partial charge is 0.295 e. The molecule has 0 saturated carbocycles. The maximum atomic E-state index is 11.9. The van der Waals surface area contributed by atoms with E-state index in [0.29, 0.717) is 19.4 Å². The summed E-state index contributed by atoms with van der Waals surface area (Å²) >= 11 is 0. The summed E-state index contributed by atoms with van der Waals surface area (Å²) in [5, 5.41) is 11.3. The minimum absolute atomic E-state index is 0.179. The van der Waals surface area contributed by atoms with Crippen LogP contribution in [0.1, 0.15) is 33.1 Å². The van der Waals surface area contributed by atoms with Gasteiger partial charge in [-0.15, -0.1) is 0 Å². The highest BCUT2D eigenvalue weighted by Crippen LogP contribution is 2.14. The molecule has 0 aromatic heterocycles. The quantitative estimate of drug-likeness (QED) is 0.553. The molecule has 1 N–H and O–H groups in total. The van der Waals surface area contributed by atoms with Crippen molar-refractivity contribution < 1.29 is 9.59 Å². The molecule has 5 heteroatoms. The summed E-state index contributed by atoms with van der Waals surface area (Å²) in [6.45, 7) is 4.16. The normalized spacial score (nSPS) is 19.7. The number of imide groups is 1. The Morgan fingerprint density at radius 1 is 1.44 bits per heavy atom. The van der Waals surface area contributed by atoms with Crippen LogP contribution < -0.4 is 5.32 Å². The fourth-order valence-electron chi connectivity index (χ4n) is 1.62. The van der Waals surface area contributed by atoms with Crippen LogP contribution in [0.3, 0.4) is 0 Å². The average Bonchev–Trinajstić information content (AvgIpc) is 2.24. The smallest absolute Gasteiger partial charge is 0.248 e. The Morgan fingerprint density at radius 2 is 2.12 bits per heavy atom. The Hall–Kier alpha value is -1.41. The van der Waals surface area contributed by atoms with Crippen molar-refractivity contribution in [2.45, 2.75) is 38.6 Å². The van der Waals surface area contributed by atoms with Gasteiger partial charge in [-0.2, -0.15) is 5.26 Å². The van der Waals surface area contributed by atoms with E-state index < -0.39 is 5.54 Å². The van der Waals surface area contributed by atoms with E-state index in [0.717, 1.165) is 6.42 Å². The lowest BCUT2D eigenvalue weighted by atomic mass is 10.0. The summed E-state index contributed by atoms with van der Waals surface area (Å²) in [6, 6.07) is 2.04. The van der Waals surface area contributed by atoms with Crippen molar-refractivity contribution in [3.05, 3.63) is 0 Å². The molecule has 1 aliphatic rings. The molecule has 1 heterocycles. The molecule has 2 amide bonds. The number of unbranched alkanes of at least 4 members (excludes halogenated alkanes) is 2. The molecule has 88 valence electrons. The van der Waals surface area contributed by atoms with E-state index in [1.54, 1.807) is 13.8 Å². The number of carbonyl (C=O) groups excluding carboxylic acids is 2. The number of nitrogens with one attached hydrogen (secondary N) is 1. The third-order valence-electron chi connectivity index (χ3n) is 2.68. The molecule has 1 aliphatic heterocycles. The summed E-state index contributed by atoms with van der Waals surface area (Å²) in [5.41, 5.74) is -0.664. The van der Waals surface area contributed by atoms with Crippen molar-refractivity contribution in [1.82, 2.24) is 10.2 Å². The van der Waals surface area contributed by atoms with E-state index in [9.17, 15) is 9.59 Å². The number of hydrogen-bond acceptors (Lipinski definition) is 4. The first-order valence-electron chi connectivity index (χ1n) is 5.46. The van der Waals surface area contributed by atoms with Gasteiger partial charge >= 0.3 is 0 Å². The lowest BCUT2D eigenvalue weighted by molar-refractivity contribution is -0.152. The minimum atomic E-state index is -0.664. The lowest BCUT2D eigenvalue weighted by Crippen LogP contribution is -2.63. The predicted octanol–water partition coefficient (Wildman–Crippen LogP) is 0.417. The van der Waals surface area contributed by atoms with E-state index in [1.807, 2.05) is 6.07 Å². The Morgan fingerprint density at radius 3 is 2.75 bits per heavy atom. The molecular formula is C11H17N3O2. The second kappa shape index (κ2) is 5.08. The summed E-state index contributed by atoms with van der Waals surface area (Å²) in [5.74, 6) is -0.359. The summed E-state index contributed by atoms with van der Waals surface area (Å²) in [4.78, 5) is 24.7. The molecule has 0 aliphatic carbocycles. The van der Waals surface area contributed by atoms with Crippen molar-refractivity contribution in [3.63, 3.8) is 0 Å². The number of carbonyl (C=O) groups is 2. The number of nitrogens with zero attached hydrogens (tertiary/aromatic N) is 2. The molecule has 0 unspecified atom stereocenters. The van der Waals surface area contributed by atoms with Gasteiger partial charge in [0.15, 0.2) is 0 Å². The maximum absolute atomic E-state index is 11.9. The monoisotopic (exact) mass is 223 g/mol. The fraction of sp³-hybridized carbons (Fsp3) is 0.727. The molecule has 1 saturated heterocycles. The standard InChI is InChI=1S/C11H17N3O2/c1-11(2)10(16)14(9(15)8-13-11)7-5-3-4-6-12/h13H,3-5,7-8H2,1-2H3. The van der Waals surface area contributed by atoms with E-state index >= 15 is 0 Å². The number of amides is 2. The van der Waals surface area contributed by atoms with Gasteiger partial charge in [-0.3, -0.25) is 19.8 Å². The number of nitriles is 1. The zero-order valence-corrected chi connectivity index (χ0v) is 9.75. The van der Waals surface area contributed by atoms with Gasteiger partial charge in [0, 0.05) is 13.0 Å². The highest BCUT2D eigenvalue weighted by Gasteiger charge is 2.39. The van der Waals surface area contributed by atoms with Crippen LogP contribution in [0, 0.1) is 11.3 Å². The first-order chi connectivity index (χ1) is 7.49. The van der Waals surface area contributed by atoms with Gasteiger partial charge in [-0.05, 0) is 26.7 Å². The first-order valence-corrected chi connectivity index (χ1v) is 5.46. The van der Waals surface area contributed by atoms with E-state index in [4.69, 9.17) is 5.26 Å². The van der Waals surface area contributed by atoms with Gasteiger partial charge in [0.25, 0.3) is 0 Å². The third-order valence-corrected chi connectivity index (χ3v) is 2.68.